The van der Waals surface area contributed by atoms with Crippen molar-refractivity contribution < 1.29 is 17.9 Å². The third-order valence-electron chi connectivity index (χ3n) is 3.44. The number of sulfonamides is 1. The van der Waals surface area contributed by atoms with Crippen LogP contribution in [0.4, 0.5) is 0 Å². The molecule has 0 amide bonds. The van der Waals surface area contributed by atoms with Crippen LogP contribution in [0.5, 0.6) is 11.5 Å². The van der Waals surface area contributed by atoms with Gasteiger partial charge in [0.25, 0.3) is 0 Å². The Hall–Kier alpha value is -1.31. The van der Waals surface area contributed by atoms with Gasteiger partial charge in [0.15, 0.2) is 0 Å². The van der Waals surface area contributed by atoms with Crippen LogP contribution >= 0.6 is 0 Å². The number of nitrogens with one attached hydrogen (secondary N) is 1. The molecule has 1 aromatic carbocycles. The van der Waals surface area contributed by atoms with Gasteiger partial charge in [-0.25, -0.2) is 8.42 Å². The Morgan fingerprint density at radius 2 is 2.00 bits per heavy atom. The van der Waals surface area contributed by atoms with Gasteiger partial charge in [-0.2, -0.15) is 4.31 Å². The van der Waals surface area contributed by atoms with Crippen molar-refractivity contribution in [1.29, 1.82) is 0 Å². The molecule has 20 heavy (non-hydrogen) atoms. The quantitative estimate of drug-likeness (QED) is 0.837. The van der Waals surface area contributed by atoms with Crippen LogP contribution in [0.2, 0.25) is 0 Å². The van der Waals surface area contributed by atoms with E-state index in [0.717, 1.165) is 0 Å². The summed E-state index contributed by atoms with van der Waals surface area (Å²) >= 11 is 0. The maximum absolute atomic E-state index is 12.8. The Labute approximate surface area is 119 Å². The molecule has 1 fully saturated rings. The van der Waals surface area contributed by atoms with Gasteiger partial charge in [0, 0.05) is 25.7 Å². The highest BCUT2D eigenvalue weighted by molar-refractivity contribution is 7.89. The molecule has 1 N–H and O–H groups in total. The van der Waals surface area contributed by atoms with E-state index in [4.69, 9.17) is 9.47 Å². The van der Waals surface area contributed by atoms with Crippen molar-refractivity contribution in [3.05, 3.63) is 18.2 Å². The van der Waals surface area contributed by atoms with Crippen LogP contribution in [0.15, 0.2) is 23.1 Å². The molecule has 0 unspecified atom stereocenters. The van der Waals surface area contributed by atoms with Gasteiger partial charge in [-0.1, -0.05) is 6.92 Å². The second-order valence-corrected chi connectivity index (χ2v) is 6.40. The van der Waals surface area contributed by atoms with Crippen LogP contribution in [-0.4, -0.2) is 52.6 Å². The standard InChI is InChI=1S/C13H20N2O4S/c1-4-15(10-8-14-9-10)20(16,17)13-6-5-11(18-2)7-12(13)19-3/h5-7,10,14H,4,8-9H2,1-3H3. The second-order valence-electron chi connectivity index (χ2n) is 4.54. The highest BCUT2D eigenvalue weighted by Crippen LogP contribution is 2.31. The lowest BCUT2D eigenvalue weighted by atomic mass is 10.2. The van der Waals surface area contributed by atoms with Crippen molar-refractivity contribution in [2.24, 2.45) is 0 Å². The summed E-state index contributed by atoms with van der Waals surface area (Å²) in [6.07, 6.45) is 0. The lowest BCUT2D eigenvalue weighted by Crippen LogP contribution is -2.58. The van der Waals surface area contributed by atoms with Crippen LogP contribution < -0.4 is 14.8 Å². The third-order valence-corrected chi connectivity index (χ3v) is 5.50. The molecule has 0 atom stereocenters. The molecule has 0 aliphatic carbocycles. The number of ether oxygens (including phenoxy) is 2. The van der Waals surface area contributed by atoms with E-state index >= 15 is 0 Å². The summed E-state index contributed by atoms with van der Waals surface area (Å²) in [5, 5.41) is 3.09. The first-order chi connectivity index (χ1) is 9.54. The molecule has 112 valence electrons. The van der Waals surface area contributed by atoms with E-state index in [0.29, 0.717) is 31.1 Å². The van der Waals surface area contributed by atoms with Crippen molar-refractivity contribution >= 4 is 10.0 Å². The maximum Gasteiger partial charge on any atom is 0.247 e. The summed E-state index contributed by atoms with van der Waals surface area (Å²) in [4.78, 5) is 0.176. The van der Waals surface area contributed by atoms with E-state index in [9.17, 15) is 8.42 Å². The molecule has 0 bridgehead atoms. The monoisotopic (exact) mass is 300 g/mol. The Balaban J connectivity index is 2.42. The molecular formula is C13H20N2O4S. The summed E-state index contributed by atoms with van der Waals surface area (Å²) in [7, 11) is -0.584. The molecule has 6 nitrogen and oxygen atoms in total. The van der Waals surface area contributed by atoms with Gasteiger partial charge < -0.3 is 14.8 Å². The number of nitrogens with zero attached hydrogens (tertiary/aromatic N) is 1. The van der Waals surface area contributed by atoms with Crippen molar-refractivity contribution in [2.75, 3.05) is 33.9 Å². The molecule has 1 aromatic rings. The van der Waals surface area contributed by atoms with Crippen molar-refractivity contribution in [1.82, 2.24) is 9.62 Å². The minimum absolute atomic E-state index is 0.0109. The first-order valence-corrected chi connectivity index (χ1v) is 7.93. The van der Waals surface area contributed by atoms with Gasteiger partial charge >= 0.3 is 0 Å². The zero-order valence-electron chi connectivity index (χ0n) is 11.9. The van der Waals surface area contributed by atoms with Gasteiger partial charge in [-0.15, -0.1) is 0 Å². The first-order valence-electron chi connectivity index (χ1n) is 6.49. The zero-order chi connectivity index (χ0) is 14.8. The Kier molecular flexibility index (Phi) is 4.52. The summed E-state index contributed by atoms with van der Waals surface area (Å²) < 4.78 is 37.3. The molecule has 1 aliphatic rings. The van der Waals surface area contributed by atoms with Crippen molar-refractivity contribution in [3.63, 3.8) is 0 Å². The predicted molar refractivity (Wildman–Crippen MR) is 75.8 cm³/mol. The molecule has 0 radical (unpaired) electrons. The fourth-order valence-electron chi connectivity index (χ4n) is 2.22. The predicted octanol–water partition coefficient (Wildman–Crippen LogP) is 0.686. The van der Waals surface area contributed by atoms with E-state index in [1.54, 1.807) is 12.1 Å². The molecule has 0 spiro atoms. The lowest BCUT2D eigenvalue weighted by molar-refractivity contribution is 0.249. The number of methoxy groups -OCH3 is 2. The molecule has 1 heterocycles. The minimum Gasteiger partial charge on any atom is -0.497 e. The molecule has 0 aromatic heterocycles. The van der Waals surface area contributed by atoms with Crippen LogP contribution in [0.3, 0.4) is 0 Å². The van der Waals surface area contributed by atoms with Crippen LogP contribution in [0.1, 0.15) is 6.92 Å². The molecule has 2 rings (SSSR count). The maximum atomic E-state index is 12.8. The van der Waals surface area contributed by atoms with Gasteiger partial charge in [0.2, 0.25) is 10.0 Å². The Morgan fingerprint density at radius 3 is 2.45 bits per heavy atom. The minimum atomic E-state index is -3.57. The normalized spacial score (nSPS) is 16.0. The van der Waals surface area contributed by atoms with Gasteiger partial charge in [-0.05, 0) is 12.1 Å². The van der Waals surface area contributed by atoms with Crippen LogP contribution in [0.25, 0.3) is 0 Å². The highest BCUT2D eigenvalue weighted by Gasteiger charge is 2.35. The topological polar surface area (TPSA) is 67.9 Å². The molecular weight excluding hydrogens is 280 g/mol. The number of likely N-dealkylation sites (N-methyl/N-ethyl adjacent to an activating group) is 1. The van der Waals surface area contributed by atoms with E-state index in [2.05, 4.69) is 5.32 Å². The molecule has 7 heteroatoms. The average molecular weight is 300 g/mol. The average Bonchev–Trinajstić information content (AvgIpc) is 2.41. The summed E-state index contributed by atoms with van der Waals surface area (Å²) in [6, 6.07) is 4.75. The number of benzene rings is 1. The van der Waals surface area contributed by atoms with Crippen LogP contribution in [0, 0.1) is 0 Å². The van der Waals surface area contributed by atoms with Gasteiger partial charge in [-0.3, -0.25) is 0 Å². The van der Waals surface area contributed by atoms with Crippen molar-refractivity contribution in [2.45, 2.75) is 17.9 Å². The Morgan fingerprint density at radius 1 is 1.30 bits per heavy atom. The van der Waals surface area contributed by atoms with Crippen molar-refractivity contribution in [3.8, 4) is 11.5 Å². The fraction of sp³-hybridized carbons (Fsp3) is 0.538. The highest BCUT2D eigenvalue weighted by atomic mass is 32.2. The first kappa shape index (κ1) is 15.1. The fourth-order valence-corrected chi connectivity index (χ4v) is 3.99. The molecule has 1 saturated heterocycles. The van der Waals surface area contributed by atoms with Gasteiger partial charge in [0.05, 0.1) is 20.3 Å². The van der Waals surface area contributed by atoms with E-state index < -0.39 is 10.0 Å². The number of hydrogen-bond donors (Lipinski definition) is 1. The van der Waals surface area contributed by atoms with Gasteiger partial charge in [0.1, 0.15) is 16.4 Å². The largest absolute Gasteiger partial charge is 0.497 e. The van der Waals surface area contributed by atoms with E-state index in [1.165, 1.54) is 24.6 Å². The molecule has 0 saturated carbocycles. The third kappa shape index (κ3) is 2.61. The summed E-state index contributed by atoms with van der Waals surface area (Å²) in [5.74, 6) is 0.865. The number of rotatable bonds is 6. The number of hydrogen-bond acceptors (Lipinski definition) is 5. The second kappa shape index (κ2) is 5.99. The summed E-state index contributed by atoms with van der Waals surface area (Å²) in [6.45, 7) is 3.65. The SMILES string of the molecule is CCN(C1CNC1)S(=O)(=O)c1ccc(OC)cc1OC. The summed E-state index contributed by atoms with van der Waals surface area (Å²) in [5.41, 5.74) is 0. The lowest BCUT2D eigenvalue weighted by Gasteiger charge is -2.36. The van der Waals surface area contributed by atoms with E-state index in [-0.39, 0.29) is 10.9 Å². The molecule has 1 aliphatic heterocycles. The van der Waals surface area contributed by atoms with Crippen LogP contribution in [-0.2, 0) is 10.0 Å². The Bertz CT molecular complexity index is 570. The zero-order valence-corrected chi connectivity index (χ0v) is 12.7. The van der Waals surface area contributed by atoms with E-state index in [1.807, 2.05) is 6.92 Å². The smallest absolute Gasteiger partial charge is 0.247 e.